The van der Waals surface area contributed by atoms with E-state index in [9.17, 15) is 0 Å². The molecular weight excluding hydrogens is 492 g/mol. The third-order valence-electron chi connectivity index (χ3n) is 4.18. The first-order valence-corrected chi connectivity index (χ1v) is 10.5. The van der Waals surface area contributed by atoms with E-state index in [2.05, 4.69) is 52.4 Å². The molecular formula is C23H16Br2N4. The molecule has 0 fully saturated rings. The molecule has 0 atom stereocenters. The van der Waals surface area contributed by atoms with E-state index in [1.165, 1.54) is 0 Å². The number of hydrogen-bond donors (Lipinski definition) is 1. The van der Waals surface area contributed by atoms with Crippen LogP contribution in [0, 0.1) is 0 Å². The molecule has 1 N–H and O–H groups in total. The highest BCUT2D eigenvalue weighted by Crippen LogP contribution is 2.26. The van der Waals surface area contributed by atoms with E-state index in [4.69, 9.17) is 0 Å². The highest BCUT2D eigenvalue weighted by molar-refractivity contribution is 9.10. The molecule has 29 heavy (non-hydrogen) atoms. The van der Waals surface area contributed by atoms with Crippen LogP contribution >= 0.6 is 31.9 Å². The smallest absolute Gasteiger partial charge is 0.244 e. The number of hydrazone groups is 1. The predicted octanol–water partition coefficient (Wildman–Crippen LogP) is 6.78. The lowest BCUT2D eigenvalue weighted by Gasteiger charge is -2.08. The molecule has 0 aliphatic rings. The van der Waals surface area contributed by atoms with Gasteiger partial charge in [-0.05, 0) is 35.9 Å². The SMILES string of the molecule is Brc1ccc(C=NNc2nc(-c3ccccc3)cc(-c3ccc(Br)cc3)n2)cc1. The molecule has 6 heteroatoms. The monoisotopic (exact) mass is 506 g/mol. The van der Waals surface area contributed by atoms with Crippen molar-refractivity contribution in [2.45, 2.75) is 0 Å². The normalized spacial score (nSPS) is 11.0. The lowest BCUT2D eigenvalue weighted by Crippen LogP contribution is -2.00. The Balaban J connectivity index is 1.67. The van der Waals surface area contributed by atoms with Crippen LogP contribution in [0.3, 0.4) is 0 Å². The van der Waals surface area contributed by atoms with Crippen LogP contribution in [0.25, 0.3) is 22.5 Å². The van der Waals surface area contributed by atoms with Crippen molar-refractivity contribution in [3.63, 3.8) is 0 Å². The van der Waals surface area contributed by atoms with Crippen LogP contribution in [0.15, 0.2) is 99.0 Å². The van der Waals surface area contributed by atoms with Crippen molar-refractivity contribution in [2.24, 2.45) is 5.10 Å². The second-order valence-electron chi connectivity index (χ2n) is 6.26. The molecule has 142 valence electrons. The zero-order chi connectivity index (χ0) is 20.1. The molecule has 4 aromatic rings. The van der Waals surface area contributed by atoms with Crippen molar-refractivity contribution in [1.29, 1.82) is 0 Å². The van der Waals surface area contributed by atoms with Gasteiger partial charge in [-0.3, -0.25) is 0 Å². The predicted molar refractivity (Wildman–Crippen MR) is 126 cm³/mol. The highest BCUT2D eigenvalue weighted by atomic mass is 79.9. The van der Waals surface area contributed by atoms with Crippen LogP contribution in [-0.2, 0) is 0 Å². The standard InChI is InChI=1S/C23H16Br2N4/c24-19-10-6-16(7-11-19)15-26-29-23-27-21(17-4-2-1-3-5-17)14-22(28-23)18-8-12-20(25)13-9-18/h1-15H,(H,27,28,29). The maximum Gasteiger partial charge on any atom is 0.244 e. The molecule has 4 nitrogen and oxygen atoms in total. The van der Waals surface area contributed by atoms with Crippen molar-refractivity contribution >= 4 is 44.0 Å². The van der Waals surface area contributed by atoms with Gasteiger partial charge in [-0.1, -0.05) is 86.5 Å². The van der Waals surface area contributed by atoms with E-state index in [0.29, 0.717) is 5.95 Å². The minimum Gasteiger partial charge on any atom is -0.245 e. The summed E-state index contributed by atoms with van der Waals surface area (Å²) in [5.74, 6) is 0.442. The number of halogens is 2. The fourth-order valence-corrected chi connectivity index (χ4v) is 3.26. The second kappa shape index (κ2) is 9.11. The molecule has 0 saturated carbocycles. The second-order valence-corrected chi connectivity index (χ2v) is 8.09. The first kappa shape index (κ1) is 19.5. The van der Waals surface area contributed by atoms with Crippen molar-refractivity contribution in [3.05, 3.63) is 99.4 Å². The molecule has 4 rings (SSSR count). The van der Waals surface area contributed by atoms with Gasteiger partial charge in [-0.15, -0.1) is 0 Å². The summed E-state index contributed by atoms with van der Waals surface area (Å²) in [6.45, 7) is 0. The lowest BCUT2D eigenvalue weighted by molar-refractivity contribution is 1.13. The fourth-order valence-electron chi connectivity index (χ4n) is 2.74. The Labute approximate surface area is 186 Å². The van der Waals surface area contributed by atoms with Gasteiger partial charge in [-0.25, -0.2) is 15.4 Å². The number of aromatic nitrogens is 2. The van der Waals surface area contributed by atoms with E-state index in [1.54, 1.807) is 6.21 Å². The Morgan fingerprint density at radius 3 is 1.86 bits per heavy atom. The number of anilines is 1. The van der Waals surface area contributed by atoms with Crippen molar-refractivity contribution in [2.75, 3.05) is 5.43 Å². The summed E-state index contributed by atoms with van der Waals surface area (Å²) in [5, 5.41) is 4.30. The van der Waals surface area contributed by atoms with E-state index in [1.807, 2.05) is 84.9 Å². The van der Waals surface area contributed by atoms with E-state index in [-0.39, 0.29) is 0 Å². The zero-order valence-corrected chi connectivity index (χ0v) is 18.4. The number of benzene rings is 3. The average Bonchev–Trinajstić information content (AvgIpc) is 2.76. The Kier molecular flexibility index (Phi) is 6.12. The molecule has 1 aromatic heterocycles. The van der Waals surface area contributed by atoms with Crippen LogP contribution in [0.1, 0.15) is 5.56 Å². The van der Waals surface area contributed by atoms with Gasteiger partial charge in [0.05, 0.1) is 17.6 Å². The van der Waals surface area contributed by atoms with Gasteiger partial charge < -0.3 is 0 Å². The molecule has 0 aliphatic carbocycles. The minimum atomic E-state index is 0.442. The molecule has 0 bridgehead atoms. The number of nitrogens with zero attached hydrogens (tertiary/aromatic N) is 3. The molecule has 0 saturated heterocycles. The van der Waals surface area contributed by atoms with Gasteiger partial charge in [0, 0.05) is 20.1 Å². The van der Waals surface area contributed by atoms with Crippen molar-refractivity contribution in [3.8, 4) is 22.5 Å². The molecule has 1 heterocycles. The summed E-state index contributed by atoms with van der Waals surface area (Å²) < 4.78 is 2.05. The molecule has 0 aliphatic heterocycles. The van der Waals surface area contributed by atoms with Gasteiger partial charge in [-0.2, -0.15) is 5.10 Å². The lowest BCUT2D eigenvalue weighted by atomic mass is 10.1. The van der Waals surface area contributed by atoms with Crippen LogP contribution in [0.2, 0.25) is 0 Å². The maximum absolute atomic E-state index is 4.65. The molecule has 0 spiro atoms. The van der Waals surface area contributed by atoms with Gasteiger partial charge >= 0.3 is 0 Å². The van der Waals surface area contributed by atoms with Crippen LogP contribution in [-0.4, -0.2) is 16.2 Å². The zero-order valence-electron chi connectivity index (χ0n) is 15.3. The molecule has 0 amide bonds. The van der Waals surface area contributed by atoms with Crippen LogP contribution in [0.5, 0.6) is 0 Å². The third kappa shape index (κ3) is 5.16. The van der Waals surface area contributed by atoms with E-state index >= 15 is 0 Å². The summed E-state index contributed by atoms with van der Waals surface area (Å²) in [7, 11) is 0. The number of nitrogens with one attached hydrogen (secondary N) is 1. The van der Waals surface area contributed by atoms with Gasteiger partial charge in [0.2, 0.25) is 5.95 Å². The Bertz CT molecular complexity index is 1130. The van der Waals surface area contributed by atoms with Crippen LogP contribution < -0.4 is 5.43 Å². The summed E-state index contributed by atoms with van der Waals surface area (Å²) >= 11 is 6.91. The van der Waals surface area contributed by atoms with E-state index in [0.717, 1.165) is 37.0 Å². The minimum absolute atomic E-state index is 0.442. The summed E-state index contributed by atoms with van der Waals surface area (Å²) in [6.07, 6.45) is 1.74. The van der Waals surface area contributed by atoms with Crippen molar-refractivity contribution < 1.29 is 0 Å². The van der Waals surface area contributed by atoms with E-state index < -0.39 is 0 Å². The first-order chi connectivity index (χ1) is 14.2. The topological polar surface area (TPSA) is 50.2 Å². The fraction of sp³-hybridized carbons (Fsp3) is 0. The summed E-state index contributed by atoms with van der Waals surface area (Å²) in [5.41, 5.74) is 7.63. The highest BCUT2D eigenvalue weighted by Gasteiger charge is 2.08. The average molecular weight is 508 g/mol. The van der Waals surface area contributed by atoms with Gasteiger partial charge in [0.15, 0.2) is 0 Å². The summed E-state index contributed by atoms with van der Waals surface area (Å²) in [4.78, 5) is 9.28. The molecule has 0 radical (unpaired) electrons. The first-order valence-electron chi connectivity index (χ1n) is 8.92. The van der Waals surface area contributed by atoms with Crippen molar-refractivity contribution in [1.82, 2.24) is 9.97 Å². The van der Waals surface area contributed by atoms with Crippen LogP contribution in [0.4, 0.5) is 5.95 Å². The largest absolute Gasteiger partial charge is 0.245 e. The molecule has 0 unspecified atom stereocenters. The molecule has 3 aromatic carbocycles. The Morgan fingerprint density at radius 2 is 1.24 bits per heavy atom. The number of hydrogen-bond acceptors (Lipinski definition) is 4. The maximum atomic E-state index is 4.65. The summed E-state index contributed by atoms with van der Waals surface area (Å²) in [6, 6.07) is 28.0. The third-order valence-corrected chi connectivity index (χ3v) is 5.24. The van der Waals surface area contributed by atoms with Gasteiger partial charge in [0.25, 0.3) is 0 Å². The Hall–Kier alpha value is -2.83. The Morgan fingerprint density at radius 1 is 0.690 bits per heavy atom. The quantitative estimate of drug-likeness (QED) is 0.239. The van der Waals surface area contributed by atoms with Gasteiger partial charge in [0.1, 0.15) is 0 Å². The number of rotatable bonds is 5.